The molecule has 1 heterocycles. The van der Waals surface area contributed by atoms with E-state index >= 15 is 0 Å². The number of sulfonamides is 1. The van der Waals surface area contributed by atoms with Crippen LogP contribution in [0.15, 0.2) is 47.5 Å². The van der Waals surface area contributed by atoms with Crippen LogP contribution in [0.25, 0.3) is 0 Å². The Labute approximate surface area is 133 Å². The summed E-state index contributed by atoms with van der Waals surface area (Å²) < 4.78 is 22.3. The van der Waals surface area contributed by atoms with Crippen molar-refractivity contribution in [3.8, 4) is 0 Å². The number of carbonyl (C=O) groups is 1. The summed E-state index contributed by atoms with van der Waals surface area (Å²) >= 11 is 5.72. The molecule has 22 heavy (non-hydrogen) atoms. The van der Waals surface area contributed by atoms with Crippen molar-refractivity contribution in [2.24, 2.45) is 5.14 Å². The maximum absolute atomic E-state index is 11.9. The van der Waals surface area contributed by atoms with Crippen LogP contribution in [-0.4, -0.2) is 25.9 Å². The van der Waals surface area contributed by atoms with Crippen molar-refractivity contribution >= 4 is 27.5 Å². The molecule has 0 aliphatic rings. The first kappa shape index (κ1) is 16.4. The number of aromatic nitrogens is 1. The fourth-order valence-electron chi connectivity index (χ4n) is 1.81. The van der Waals surface area contributed by atoms with E-state index in [0.717, 1.165) is 5.56 Å². The van der Waals surface area contributed by atoms with E-state index in [-0.39, 0.29) is 16.0 Å². The summed E-state index contributed by atoms with van der Waals surface area (Å²) in [4.78, 5) is 15.7. The summed E-state index contributed by atoms with van der Waals surface area (Å²) in [6.45, 7) is 0.410. The maximum Gasteiger partial charge on any atom is 0.251 e. The highest BCUT2D eigenvalue weighted by atomic mass is 35.5. The van der Waals surface area contributed by atoms with Gasteiger partial charge in [0.1, 0.15) is 5.15 Å². The van der Waals surface area contributed by atoms with Crippen molar-refractivity contribution in [3.63, 3.8) is 0 Å². The van der Waals surface area contributed by atoms with Gasteiger partial charge in [0, 0.05) is 18.3 Å². The average Bonchev–Trinajstić information content (AvgIpc) is 2.47. The molecule has 0 unspecified atom stereocenters. The Balaban J connectivity index is 1.90. The molecule has 0 aliphatic carbocycles. The van der Waals surface area contributed by atoms with E-state index in [1.165, 1.54) is 24.4 Å². The largest absolute Gasteiger partial charge is 0.352 e. The molecule has 3 N–H and O–H groups in total. The summed E-state index contributed by atoms with van der Waals surface area (Å²) in [5, 5.41) is 8.03. The molecule has 0 fully saturated rings. The molecule has 1 aromatic carbocycles. The van der Waals surface area contributed by atoms with E-state index in [9.17, 15) is 13.2 Å². The van der Waals surface area contributed by atoms with Gasteiger partial charge >= 0.3 is 0 Å². The molecular formula is C14H14ClN3O3S. The summed E-state index contributed by atoms with van der Waals surface area (Å²) in [6.07, 6.45) is 2.03. The Morgan fingerprint density at radius 2 is 1.91 bits per heavy atom. The second kappa shape index (κ2) is 6.87. The van der Waals surface area contributed by atoms with E-state index in [2.05, 4.69) is 10.3 Å². The molecule has 2 rings (SSSR count). The normalized spacial score (nSPS) is 11.2. The van der Waals surface area contributed by atoms with E-state index in [1.807, 2.05) is 0 Å². The number of nitrogens with one attached hydrogen (secondary N) is 1. The van der Waals surface area contributed by atoms with E-state index in [0.29, 0.717) is 18.5 Å². The lowest BCUT2D eigenvalue weighted by molar-refractivity contribution is 0.0954. The van der Waals surface area contributed by atoms with Gasteiger partial charge in [0.05, 0.1) is 4.90 Å². The Kier molecular flexibility index (Phi) is 5.12. The smallest absolute Gasteiger partial charge is 0.251 e. The molecule has 2 aromatic rings. The van der Waals surface area contributed by atoms with Crippen molar-refractivity contribution < 1.29 is 13.2 Å². The van der Waals surface area contributed by atoms with Gasteiger partial charge < -0.3 is 5.32 Å². The molecule has 1 amide bonds. The number of rotatable bonds is 5. The van der Waals surface area contributed by atoms with Gasteiger partial charge in [0.2, 0.25) is 10.0 Å². The number of hydrogen-bond acceptors (Lipinski definition) is 4. The van der Waals surface area contributed by atoms with Crippen LogP contribution in [0.5, 0.6) is 0 Å². The van der Waals surface area contributed by atoms with Crippen LogP contribution in [0.3, 0.4) is 0 Å². The number of nitrogens with two attached hydrogens (primary N) is 1. The first-order valence-corrected chi connectivity index (χ1v) is 8.30. The Hall–Kier alpha value is -1.96. The van der Waals surface area contributed by atoms with E-state index < -0.39 is 10.0 Å². The summed E-state index contributed by atoms with van der Waals surface area (Å²) in [7, 11) is -3.68. The predicted molar refractivity (Wildman–Crippen MR) is 83.1 cm³/mol. The topological polar surface area (TPSA) is 102 Å². The molecule has 8 heteroatoms. The fourth-order valence-corrected chi connectivity index (χ4v) is 2.50. The van der Waals surface area contributed by atoms with Crippen LogP contribution in [0.4, 0.5) is 0 Å². The first-order chi connectivity index (χ1) is 10.4. The number of hydrogen-bond donors (Lipinski definition) is 2. The number of primary sulfonamides is 1. The van der Waals surface area contributed by atoms with Crippen molar-refractivity contribution in [2.45, 2.75) is 11.3 Å². The van der Waals surface area contributed by atoms with Crippen LogP contribution in [0, 0.1) is 0 Å². The van der Waals surface area contributed by atoms with Crippen molar-refractivity contribution in [1.29, 1.82) is 0 Å². The number of nitrogens with zero attached hydrogens (tertiary/aromatic N) is 1. The number of benzene rings is 1. The molecule has 0 saturated carbocycles. The van der Waals surface area contributed by atoms with Crippen LogP contribution in [-0.2, 0) is 16.4 Å². The Morgan fingerprint density at radius 1 is 1.23 bits per heavy atom. The van der Waals surface area contributed by atoms with Gasteiger partial charge in [-0.3, -0.25) is 4.79 Å². The third-order valence-corrected chi connectivity index (χ3v) is 4.08. The third kappa shape index (κ3) is 4.52. The van der Waals surface area contributed by atoms with Gasteiger partial charge in [0.15, 0.2) is 0 Å². The minimum Gasteiger partial charge on any atom is -0.352 e. The lowest BCUT2D eigenvalue weighted by Crippen LogP contribution is -2.25. The molecule has 0 bridgehead atoms. The minimum absolute atomic E-state index is 0.0618. The molecule has 1 aromatic heterocycles. The van der Waals surface area contributed by atoms with Gasteiger partial charge in [-0.25, -0.2) is 18.5 Å². The predicted octanol–water partition coefficient (Wildman–Crippen LogP) is 1.35. The second-order valence-electron chi connectivity index (χ2n) is 4.56. The van der Waals surface area contributed by atoms with Crippen molar-refractivity contribution in [1.82, 2.24) is 10.3 Å². The first-order valence-electron chi connectivity index (χ1n) is 6.38. The van der Waals surface area contributed by atoms with Crippen molar-refractivity contribution in [2.75, 3.05) is 6.54 Å². The highest BCUT2D eigenvalue weighted by Gasteiger charge is 2.08. The quantitative estimate of drug-likeness (QED) is 0.803. The van der Waals surface area contributed by atoms with Gasteiger partial charge in [-0.05, 0) is 36.2 Å². The number of amides is 1. The zero-order valence-corrected chi connectivity index (χ0v) is 13.1. The number of halogens is 1. The molecular weight excluding hydrogens is 326 g/mol. The van der Waals surface area contributed by atoms with Crippen LogP contribution in [0.1, 0.15) is 15.9 Å². The van der Waals surface area contributed by atoms with Crippen LogP contribution in [0.2, 0.25) is 5.15 Å². The molecule has 0 spiro atoms. The summed E-state index contributed by atoms with van der Waals surface area (Å²) in [5.74, 6) is -0.245. The standard InChI is InChI=1S/C14H14ClN3O3S/c15-13-9-11(6-8-17-13)14(19)18-7-5-10-1-3-12(4-2-10)22(16,20)21/h1-4,6,8-9H,5,7H2,(H,18,19)(H2,16,20,21). The SMILES string of the molecule is NS(=O)(=O)c1ccc(CCNC(=O)c2ccnc(Cl)c2)cc1. The zero-order valence-electron chi connectivity index (χ0n) is 11.5. The van der Waals surface area contributed by atoms with Gasteiger partial charge in [-0.1, -0.05) is 23.7 Å². The molecule has 0 radical (unpaired) electrons. The summed E-state index contributed by atoms with van der Waals surface area (Å²) in [5.41, 5.74) is 1.32. The fraction of sp³-hybridized carbons (Fsp3) is 0.143. The minimum atomic E-state index is -3.68. The van der Waals surface area contributed by atoms with E-state index in [1.54, 1.807) is 18.2 Å². The zero-order chi connectivity index (χ0) is 16.2. The molecule has 0 aliphatic heterocycles. The van der Waals surface area contributed by atoms with Crippen LogP contribution < -0.4 is 10.5 Å². The maximum atomic E-state index is 11.9. The van der Waals surface area contributed by atoms with Crippen LogP contribution >= 0.6 is 11.6 Å². The highest BCUT2D eigenvalue weighted by molar-refractivity contribution is 7.89. The average molecular weight is 340 g/mol. The van der Waals surface area contributed by atoms with Gasteiger partial charge in [0.25, 0.3) is 5.91 Å². The summed E-state index contributed by atoms with van der Waals surface area (Å²) in [6, 6.07) is 9.26. The van der Waals surface area contributed by atoms with Gasteiger partial charge in [-0.2, -0.15) is 0 Å². The Bertz CT molecular complexity index is 776. The molecule has 0 saturated heterocycles. The molecule has 0 atom stereocenters. The molecule has 6 nitrogen and oxygen atoms in total. The number of carbonyl (C=O) groups excluding carboxylic acids is 1. The lowest BCUT2D eigenvalue weighted by atomic mass is 10.1. The highest BCUT2D eigenvalue weighted by Crippen LogP contribution is 2.09. The van der Waals surface area contributed by atoms with E-state index in [4.69, 9.17) is 16.7 Å². The van der Waals surface area contributed by atoms with Gasteiger partial charge in [-0.15, -0.1) is 0 Å². The Morgan fingerprint density at radius 3 is 2.50 bits per heavy atom. The molecule has 116 valence electrons. The second-order valence-corrected chi connectivity index (χ2v) is 6.51. The number of pyridine rings is 1. The third-order valence-electron chi connectivity index (χ3n) is 2.94. The monoisotopic (exact) mass is 339 g/mol. The van der Waals surface area contributed by atoms with Crippen molar-refractivity contribution in [3.05, 3.63) is 58.9 Å². The lowest BCUT2D eigenvalue weighted by Gasteiger charge is -2.06.